The van der Waals surface area contributed by atoms with Gasteiger partial charge in [-0.1, -0.05) is 0 Å². The molecule has 0 spiro atoms. The fourth-order valence-corrected chi connectivity index (χ4v) is 1.55. The maximum atomic E-state index is 13.5. The molecule has 0 N–H and O–H groups in total. The van der Waals surface area contributed by atoms with E-state index in [1.54, 1.807) is 0 Å². The monoisotopic (exact) mass is 259 g/mol. The zero-order chi connectivity index (χ0) is 13.6. The average Bonchev–Trinajstić information content (AvgIpc) is 2.66. The molecule has 0 aromatic heterocycles. The number of anilines is 1. The van der Waals surface area contributed by atoms with E-state index >= 15 is 0 Å². The molecule has 0 aliphatic carbocycles. The number of carbonyl (C=O) groups excluding carboxylic acids is 2. The highest BCUT2D eigenvalue weighted by atomic mass is 19.2. The molecule has 18 heavy (non-hydrogen) atoms. The Balaban J connectivity index is 2.73. The van der Waals surface area contributed by atoms with E-state index in [1.165, 1.54) is 0 Å². The Morgan fingerprint density at radius 1 is 0.833 bits per heavy atom. The van der Waals surface area contributed by atoms with E-state index < -0.39 is 46.3 Å². The second kappa shape index (κ2) is 3.94. The molecule has 0 bridgehead atoms. The van der Waals surface area contributed by atoms with Crippen LogP contribution in [-0.2, 0) is 9.59 Å². The van der Waals surface area contributed by atoms with Gasteiger partial charge >= 0.3 is 0 Å². The Labute approximate surface area is 98.3 Å². The van der Waals surface area contributed by atoms with Crippen molar-refractivity contribution in [1.29, 1.82) is 0 Å². The molecule has 0 fully saturated rings. The molecule has 7 heteroatoms. The van der Waals surface area contributed by atoms with Crippen LogP contribution in [0.2, 0.25) is 0 Å². The number of hydrogen-bond acceptors (Lipinski definition) is 2. The van der Waals surface area contributed by atoms with Crippen LogP contribution in [0, 0.1) is 30.2 Å². The normalized spacial score (nSPS) is 14.8. The van der Waals surface area contributed by atoms with Crippen LogP contribution in [0.5, 0.6) is 0 Å². The zero-order valence-electron chi connectivity index (χ0n) is 8.93. The molecule has 1 aromatic rings. The number of imide groups is 1. The number of carbonyl (C=O) groups is 2. The minimum absolute atomic E-state index is 0.0380. The lowest BCUT2D eigenvalue weighted by Crippen LogP contribution is -2.32. The lowest BCUT2D eigenvalue weighted by atomic mass is 10.1. The van der Waals surface area contributed by atoms with Crippen LogP contribution < -0.4 is 4.90 Å². The highest BCUT2D eigenvalue weighted by Crippen LogP contribution is 2.32. The second-order valence-corrected chi connectivity index (χ2v) is 3.57. The number of benzene rings is 1. The summed E-state index contributed by atoms with van der Waals surface area (Å²) in [5, 5.41) is 0. The molecular formula is C11H5F4NO2. The van der Waals surface area contributed by atoms with E-state index in [1.807, 2.05) is 0 Å². The summed E-state index contributed by atoms with van der Waals surface area (Å²) < 4.78 is 53.7. The summed E-state index contributed by atoms with van der Waals surface area (Å²) in [6.45, 7) is 0.840. The molecule has 0 atom stereocenters. The van der Waals surface area contributed by atoms with Crippen LogP contribution in [0.4, 0.5) is 23.2 Å². The van der Waals surface area contributed by atoms with Crippen molar-refractivity contribution < 1.29 is 27.2 Å². The zero-order valence-corrected chi connectivity index (χ0v) is 8.93. The van der Waals surface area contributed by atoms with Crippen molar-refractivity contribution in [2.75, 3.05) is 4.90 Å². The molecule has 3 nitrogen and oxygen atoms in total. The largest absolute Gasteiger partial charge is 0.269 e. The van der Waals surface area contributed by atoms with Gasteiger partial charge in [0.2, 0.25) is 0 Å². The molecule has 1 heterocycles. The molecule has 1 aromatic carbocycles. The van der Waals surface area contributed by atoms with E-state index in [2.05, 4.69) is 0 Å². The Hall–Kier alpha value is -2.18. The van der Waals surface area contributed by atoms with Gasteiger partial charge in [0.1, 0.15) is 5.69 Å². The van der Waals surface area contributed by atoms with Gasteiger partial charge in [0.05, 0.1) is 0 Å². The first-order valence-corrected chi connectivity index (χ1v) is 4.75. The molecule has 0 saturated carbocycles. The Morgan fingerprint density at radius 3 is 1.61 bits per heavy atom. The van der Waals surface area contributed by atoms with Gasteiger partial charge in [-0.3, -0.25) is 9.59 Å². The molecule has 2 amide bonds. The van der Waals surface area contributed by atoms with E-state index in [0.717, 1.165) is 19.1 Å². The number of halogens is 4. The Bertz CT molecular complexity index is 563. The summed E-state index contributed by atoms with van der Waals surface area (Å²) in [6.07, 6.45) is 1.49. The van der Waals surface area contributed by atoms with E-state index in [9.17, 15) is 27.2 Å². The number of nitrogens with zero attached hydrogens (tertiary/aromatic N) is 1. The van der Waals surface area contributed by atoms with Gasteiger partial charge in [0.25, 0.3) is 11.8 Å². The molecule has 94 valence electrons. The first kappa shape index (κ1) is 12.3. The Kier molecular flexibility index (Phi) is 2.68. The predicted molar refractivity (Wildman–Crippen MR) is 52.6 cm³/mol. The molecule has 1 aliphatic rings. The van der Waals surface area contributed by atoms with Crippen molar-refractivity contribution in [3.63, 3.8) is 0 Å². The van der Waals surface area contributed by atoms with Crippen molar-refractivity contribution in [3.8, 4) is 0 Å². The van der Waals surface area contributed by atoms with Crippen LogP contribution in [0.25, 0.3) is 0 Å². The molecular weight excluding hydrogens is 254 g/mol. The fraction of sp³-hybridized carbons (Fsp3) is 0.0909. The maximum Gasteiger partial charge on any atom is 0.258 e. The summed E-state index contributed by atoms with van der Waals surface area (Å²) >= 11 is 0. The summed E-state index contributed by atoms with van der Waals surface area (Å²) in [6, 6.07) is 0. The van der Waals surface area contributed by atoms with Crippen LogP contribution in [0.15, 0.2) is 12.2 Å². The third-order valence-electron chi connectivity index (χ3n) is 2.49. The molecule has 1 aliphatic heterocycles. The lowest BCUT2D eigenvalue weighted by molar-refractivity contribution is -0.120. The van der Waals surface area contributed by atoms with Crippen LogP contribution >= 0.6 is 0 Å². The molecule has 0 saturated heterocycles. The van der Waals surface area contributed by atoms with Crippen LogP contribution in [0.3, 0.4) is 0 Å². The van der Waals surface area contributed by atoms with Gasteiger partial charge in [-0.25, -0.2) is 22.5 Å². The van der Waals surface area contributed by atoms with Gasteiger partial charge in [-0.05, 0) is 6.92 Å². The van der Waals surface area contributed by atoms with Crippen molar-refractivity contribution in [1.82, 2.24) is 0 Å². The first-order chi connectivity index (χ1) is 8.36. The van der Waals surface area contributed by atoms with E-state index in [4.69, 9.17) is 0 Å². The SMILES string of the molecule is Cc1c(F)c(F)c(N2C(=O)C=CC2=O)c(F)c1F. The number of rotatable bonds is 1. The minimum Gasteiger partial charge on any atom is -0.269 e. The summed E-state index contributed by atoms with van der Waals surface area (Å²) in [5.74, 6) is -8.98. The standard InChI is InChI=1S/C11H5F4NO2/c1-4-7(12)9(14)11(10(15)8(4)13)16-5(17)2-3-6(16)18/h2-3H,1H3. The molecule has 0 radical (unpaired) electrons. The minimum atomic E-state index is -1.78. The average molecular weight is 259 g/mol. The smallest absolute Gasteiger partial charge is 0.258 e. The van der Waals surface area contributed by atoms with Gasteiger partial charge in [0, 0.05) is 17.7 Å². The summed E-state index contributed by atoms with van der Waals surface area (Å²) in [4.78, 5) is 22.5. The third-order valence-corrected chi connectivity index (χ3v) is 2.49. The van der Waals surface area contributed by atoms with Gasteiger partial charge in [-0.2, -0.15) is 0 Å². The van der Waals surface area contributed by atoms with Crippen LogP contribution in [-0.4, -0.2) is 11.8 Å². The second-order valence-electron chi connectivity index (χ2n) is 3.57. The maximum absolute atomic E-state index is 13.5. The highest BCUT2D eigenvalue weighted by molar-refractivity contribution is 6.28. The van der Waals surface area contributed by atoms with Crippen molar-refractivity contribution in [2.45, 2.75) is 6.92 Å². The van der Waals surface area contributed by atoms with Crippen molar-refractivity contribution in [2.24, 2.45) is 0 Å². The van der Waals surface area contributed by atoms with Crippen molar-refractivity contribution >= 4 is 17.5 Å². The molecule has 2 rings (SSSR count). The predicted octanol–water partition coefficient (Wildman–Crippen LogP) is 1.98. The fourth-order valence-electron chi connectivity index (χ4n) is 1.55. The quantitative estimate of drug-likeness (QED) is 0.439. The molecule has 0 unspecified atom stereocenters. The van der Waals surface area contributed by atoms with E-state index in [-0.39, 0.29) is 4.90 Å². The van der Waals surface area contributed by atoms with Gasteiger partial charge in [0.15, 0.2) is 23.3 Å². The van der Waals surface area contributed by atoms with Gasteiger partial charge < -0.3 is 0 Å². The number of hydrogen-bond donors (Lipinski definition) is 0. The third kappa shape index (κ3) is 1.51. The van der Waals surface area contributed by atoms with Crippen LogP contribution in [0.1, 0.15) is 5.56 Å². The summed E-state index contributed by atoms with van der Waals surface area (Å²) in [5.41, 5.74) is -2.20. The number of amides is 2. The lowest BCUT2D eigenvalue weighted by Gasteiger charge is -2.17. The highest BCUT2D eigenvalue weighted by Gasteiger charge is 2.34. The van der Waals surface area contributed by atoms with Crippen molar-refractivity contribution in [3.05, 3.63) is 41.0 Å². The first-order valence-electron chi connectivity index (χ1n) is 4.75. The van der Waals surface area contributed by atoms with Gasteiger partial charge in [-0.15, -0.1) is 0 Å². The summed E-state index contributed by atoms with van der Waals surface area (Å²) in [7, 11) is 0. The Morgan fingerprint density at radius 2 is 1.22 bits per heavy atom. The topological polar surface area (TPSA) is 37.4 Å². The van der Waals surface area contributed by atoms with E-state index in [0.29, 0.717) is 0 Å².